The molecule has 1 aliphatic rings. The van der Waals surface area contributed by atoms with Gasteiger partial charge in [-0.25, -0.2) is 5.43 Å². The Labute approximate surface area is 199 Å². The maximum atomic E-state index is 5.48. The average Bonchev–Trinajstić information content (AvgIpc) is 2.85. The van der Waals surface area contributed by atoms with E-state index in [1.54, 1.807) is 6.21 Å². The van der Waals surface area contributed by atoms with Gasteiger partial charge in [0, 0.05) is 28.6 Å². The Balaban J connectivity index is 1.44. The molecule has 1 aromatic heterocycles. The molecule has 33 heavy (non-hydrogen) atoms. The number of hydrogen-bond acceptors (Lipinski definition) is 8. The third kappa shape index (κ3) is 5.27. The molecule has 0 atom stereocenters. The number of anilines is 4. The number of ether oxygens (including phenoxy) is 1. The summed E-state index contributed by atoms with van der Waals surface area (Å²) in [6, 6.07) is 22.2. The Hall–Kier alpha value is -3.56. The second-order valence-electron chi connectivity index (χ2n) is 7.46. The highest BCUT2D eigenvalue weighted by Gasteiger charge is 2.17. The van der Waals surface area contributed by atoms with Gasteiger partial charge in [-0.1, -0.05) is 64.5 Å². The quantitative estimate of drug-likeness (QED) is 0.288. The highest BCUT2D eigenvalue weighted by Crippen LogP contribution is 2.26. The summed E-state index contributed by atoms with van der Waals surface area (Å²) in [7, 11) is 0. The van der Waals surface area contributed by atoms with Crippen molar-refractivity contribution in [2.45, 2.75) is 0 Å². The number of hydrazone groups is 1. The first-order valence-corrected chi connectivity index (χ1v) is 11.4. The molecule has 0 saturated carbocycles. The molecule has 5 rings (SSSR count). The molecule has 4 aromatic rings. The van der Waals surface area contributed by atoms with Gasteiger partial charge in [0.15, 0.2) is 0 Å². The van der Waals surface area contributed by atoms with E-state index in [0.717, 1.165) is 39.6 Å². The summed E-state index contributed by atoms with van der Waals surface area (Å²) in [5.74, 6) is 1.39. The van der Waals surface area contributed by atoms with Gasteiger partial charge in [0.05, 0.1) is 19.4 Å². The van der Waals surface area contributed by atoms with Crippen molar-refractivity contribution in [3.05, 3.63) is 76.8 Å². The first-order chi connectivity index (χ1) is 16.2. The summed E-state index contributed by atoms with van der Waals surface area (Å²) < 4.78 is 6.47. The zero-order valence-corrected chi connectivity index (χ0v) is 19.4. The Morgan fingerprint density at radius 1 is 0.909 bits per heavy atom. The van der Waals surface area contributed by atoms with Gasteiger partial charge in [-0.2, -0.15) is 20.1 Å². The van der Waals surface area contributed by atoms with Gasteiger partial charge in [0.25, 0.3) is 0 Å². The molecule has 1 saturated heterocycles. The number of halogens is 1. The Morgan fingerprint density at radius 2 is 1.70 bits per heavy atom. The lowest BCUT2D eigenvalue weighted by Gasteiger charge is -2.27. The van der Waals surface area contributed by atoms with Crippen molar-refractivity contribution in [1.82, 2.24) is 15.0 Å². The number of fused-ring (bicyclic) bond motifs is 1. The van der Waals surface area contributed by atoms with E-state index in [1.165, 1.54) is 0 Å². The molecule has 2 heterocycles. The summed E-state index contributed by atoms with van der Waals surface area (Å²) in [6.45, 7) is 2.72. The molecule has 0 unspecified atom stereocenters. The predicted octanol–water partition coefficient (Wildman–Crippen LogP) is 4.81. The van der Waals surface area contributed by atoms with Crippen LogP contribution in [-0.2, 0) is 4.74 Å². The second-order valence-corrected chi connectivity index (χ2v) is 8.37. The molecular formula is C24H22BrN7O. The summed E-state index contributed by atoms with van der Waals surface area (Å²) in [5.41, 5.74) is 4.83. The summed E-state index contributed by atoms with van der Waals surface area (Å²) >= 11 is 3.47. The van der Waals surface area contributed by atoms with Crippen LogP contribution in [0.3, 0.4) is 0 Å². The number of morpholine rings is 1. The molecule has 0 spiro atoms. The fraction of sp³-hybridized carbons (Fsp3) is 0.167. The molecule has 9 heteroatoms. The Morgan fingerprint density at radius 3 is 2.58 bits per heavy atom. The highest BCUT2D eigenvalue weighted by atomic mass is 79.9. The number of aromatic nitrogens is 3. The zero-order valence-electron chi connectivity index (χ0n) is 17.8. The van der Waals surface area contributed by atoms with Gasteiger partial charge in [-0.3, -0.25) is 0 Å². The molecule has 1 fully saturated rings. The third-order valence-corrected chi connectivity index (χ3v) is 5.67. The van der Waals surface area contributed by atoms with Crippen LogP contribution in [0.5, 0.6) is 0 Å². The maximum absolute atomic E-state index is 5.48. The average molecular weight is 504 g/mol. The number of nitrogens with one attached hydrogen (secondary N) is 2. The van der Waals surface area contributed by atoms with Crippen molar-refractivity contribution in [3.8, 4) is 0 Å². The van der Waals surface area contributed by atoms with Crippen LogP contribution in [0.2, 0.25) is 0 Å². The molecular weight excluding hydrogens is 482 g/mol. The van der Waals surface area contributed by atoms with Crippen molar-refractivity contribution in [2.75, 3.05) is 41.9 Å². The van der Waals surface area contributed by atoms with Gasteiger partial charge >= 0.3 is 0 Å². The van der Waals surface area contributed by atoms with Crippen LogP contribution >= 0.6 is 15.9 Å². The summed E-state index contributed by atoms with van der Waals surface area (Å²) in [4.78, 5) is 15.9. The number of hydrogen-bond donors (Lipinski definition) is 2. The topological polar surface area (TPSA) is 87.6 Å². The van der Waals surface area contributed by atoms with Gasteiger partial charge in [-0.05, 0) is 29.1 Å². The molecule has 0 aliphatic carbocycles. The summed E-state index contributed by atoms with van der Waals surface area (Å²) in [6.07, 6.45) is 1.72. The molecule has 0 bridgehead atoms. The molecule has 3 aromatic carbocycles. The molecule has 0 amide bonds. The second kappa shape index (κ2) is 9.93. The minimum absolute atomic E-state index is 0.362. The number of benzene rings is 3. The lowest BCUT2D eigenvalue weighted by molar-refractivity contribution is 0.122. The van der Waals surface area contributed by atoms with Gasteiger partial charge in [-0.15, -0.1) is 0 Å². The lowest BCUT2D eigenvalue weighted by Crippen LogP contribution is -2.37. The maximum Gasteiger partial charge on any atom is 0.250 e. The first-order valence-electron chi connectivity index (χ1n) is 10.6. The molecule has 8 nitrogen and oxygen atoms in total. The van der Waals surface area contributed by atoms with Crippen LogP contribution in [0.1, 0.15) is 5.56 Å². The van der Waals surface area contributed by atoms with Crippen molar-refractivity contribution < 1.29 is 4.74 Å². The fourth-order valence-electron chi connectivity index (χ4n) is 3.58. The normalized spacial score (nSPS) is 14.0. The van der Waals surface area contributed by atoms with Crippen LogP contribution < -0.4 is 15.6 Å². The van der Waals surface area contributed by atoms with Crippen LogP contribution in [0.25, 0.3) is 10.8 Å². The lowest BCUT2D eigenvalue weighted by atomic mass is 10.1. The third-order valence-electron chi connectivity index (χ3n) is 5.18. The minimum Gasteiger partial charge on any atom is -0.378 e. The van der Waals surface area contributed by atoms with E-state index < -0.39 is 0 Å². The van der Waals surface area contributed by atoms with Gasteiger partial charge < -0.3 is 15.0 Å². The Bertz CT molecular complexity index is 1290. The van der Waals surface area contributed by atoms with E-state index in [9.17, 15) is 0 Å². The van der Waals surface area contributed by atoms with Crippen LogP contribution in [-0.4, -0.2) is 47.5 Å². The van der Waals surface area contributed by atoms with Crippen molar-refractivity contribution in [2.24, 2.45) is 5.10 Å². The monoisotopic (exact) mass is 503 g/mol. The van der Waals surface area contributed by atoms with E-state index in [1.807, 2.05) is 48.5 Å². The molecule has 2 N–H and O–H groups in total. The van der Waals surface area contributed by atoms with Crippen molar-refractivity contribution >= 4 is 56.4 Å². The standard InChI is InChI=1S/C24H22BrN7O/c25-19-8-3-5-17(15-19)16-26-31-23-28-22(29-24(30-23)32-11-13-33-14-12-32)27-21-10-4-7-18-6-1-2-9-20(18)21/h1-10,15-16H,11-14H2,(H2,27,28,29,30,31)/b26-16+. The van der Waals surface area contributed by atoms with E-state index in [0.29, 0.717) is 31.1 Å². The van der Waals surface area contributed by atoms with Crippen LogP contribution in [0, 0.1) is 0 Å². The minimum atomic E-state index is 0.362. The fourth-order valence-corrected chi connectivity index (χ4v) is 4.00. The molecule has 0 radical (unpaired) electrons. The van der Waals surface area contributed by atoms with E-state index in [2.05, 4.69) is 69.8 Å². The van der Waals surface area contributed by atoms with Gasteiger partial charge in [0.1, 0.15) is 0 Å². The summed E-state index contributed by atoms with van der Waals surface area (Å²) in [5, 5.41) is 9.92. The molecule has 166 valence electrons. The largest absolute Gasteiger partial charge is 0.378 e. The van der Waals surface area contributed by atoms with E-state index in [-0.39, 0.29) is 0 Å². The van der Waals surface area contributed by atoms with Gasteiger partial charge in [0.2, 0.25) is 17.8 Å². The van der Waals surface area contributed by atoms with Crippen molar-refractivity contribution in [3.63, 3.8) is 0 Å². The number of nitrogens with zero attached hydrogens (tertiary/aromatic N) is 5. The number of rotatable bonds is 6. The predicted molar refractivity (Wildman–Crippen MR) is 135 cm³/mol. The van der Waals surface area contributed by atoms with Crippen molar-refractivity contribution in [1.29, 1.82) is 0 Å². The van der Waals surface area contributed by atoms with Crippen LogP contribution in [0.15, 0.2) is 76.3 Å². The Kier molecular flexibility index (Phi) is 6.41. The first kappa shape index (κ1) is 21.3. The highest BCUT2D eigenvalue weighted by molar-refractivity contribution is 9.10. The van der Waals surface area contributed by atoms with E-state index in [4.69, 9.17) is 4.74 Å². The smallest absolute Gasteiger partial charge is 0.250 e. The van der Waals surface area contributed by atoms with Crippen LogP contribution in [0.4, 0.5) is 23.5 Å². The molecule has 1 aliphatic heterocycles. The SMILES string of the molecule is Brc1cccc(/C=N/Nc2nc(Nc3cccc4ccccc34)nc(N3CCOCC3)n2)c1. The zero-order chi connectivity index (χ0) is 22.5. The van der Waals surface area contributed by atoms with E-state index >= 15 is 0 Å².